The maximum Gasteiger partial charge on any atom is 0.213 e. The smallest absolute Gasteiger partial charge is 0.213 e. The minimum atomic E-state index is -3.09. The van der Waals surface area contributed by atoms with E-state index in [1.807, 2.05) is 0 Å². The molecule has 0 spiro atoms. The Hall–Kier alpha value is -2.15. The quantitative estimate of drug-likeness (QED) is 0.453. The molecule has 0 amide bonds. The summed E-state index contributed by atoms with van der Waals surface area (Å²) in [4.78, 5) is 3.43. The van der Waals surface area contributed by atoms with Gasteiger partial charge in [0, 0.05) is 30.2 Å². The van der Waals surface area contributed by atoms with E-state index >= 15 is 0 Å². The normalized spacial score (nSPS) is 16.1. The number of sulfonamides is 1. The molecule has 0 atom stereocenters. The summed E-state index contributed by atoms with van der Waals surface area (Å²) >= 11 is 0. The Morgan fingerprint density at radius 2 is 1.81 bits per heavy atom. The van der Waals surface area contributed by atoms with E-state index in [-0.39, 0.29) is 5.75 Å². The Labute approximate surface area is 192 Å². The zero-order chi connectivity index (χ0) is 22.6. The Kier molecular flexibility index (Phi) is 7.33. The number of nitrogens with zero attached hydrogens (tertiary/aromatic N) is 1. The zero-order valence-electron chi connectivity index (χ0n) is 19.2. The number of fused-ring (bicyclic) bond motifs is 1. The molecule has 4 rings (SSSR count). The van der Waals surface area contributed by atoms with Gasteiger partial charge in [0.15, 0.2) is 0 Å². The van der Waals surface area contributed by atoms with Gasteiger partial charge in [-0.25, -0.2) is 12.7 Å². The van der Waals surface area contributed by atoms with E-state index in [1.54, 1.807) is 11.2 Å². The number of hydrogen-bond acceptors (Lipinski definition) is 3. The highest BCUT2D eigenvalue weighted by Gasteiger charge is 2.28. The number of aromatic nitrogens is 1. The van der Waals surface area contributed by atoms with E-state index in [9.17, 15) is 8.42 Å². The number of rotatable bonds is 9. The monoisotopic (exact) mass is 453 g/mol. The lowest BCUT2D eigenvalue weighted by Gasteiger charge is -2.30. The third-order valence-corrected chi connectivity index (χ3v) is 8.52. The second-order valence-corrected chi connectivity index (χ2v) is 11.0. The lowest BCUT2D eigenvalue weighted by Crippen LogP contribution is -2.38. The third-order valence-electron chi connectivity index (χ3n) is 6.64. The Balaban J connectivity index is 1.53. The maximum absolute atomic E-state index is 12.2. The van der Waals surface area contributed by atoms with Crippen molar-refractivity contribution in [3.8, 4) is 11.1 Å². The third kappa shape index (κ3) is 5.08. The molecule has 0 aliphatic carbocycles. The van der Waals surface area contributed by atoms with Crippen LogP contribution in [0.4, 0.5) is 0 Å². The molecule has 2 N–H and O–H groups in total. The minimum absolute atomic E-state index is 0.182. The van der Waals surface area contributed by atoms with Crippen molar-refractivity contribution < 1.29 is 8.42 Å². The number of H-pyrrole nitrogens is 1. The average molecular weight is 454 g/mol. The molecule has 2 aromatic carbocycles. The van der Waals surface area contributed by atoms with Gasteiger partial charge in [0.2, 0.25) is 10.0 Å². The molecule has 5 nitrogen and oxygen atoms in total. The predicted molar refractivity (Wildman–Crippen MR) is 134 cm³/mol. The standard InChI is InChI=1S/C26H35N3O2S/c1-3-13-27-14-10-20-6-5-7-22(17-20)23-8-9-26-24(18-23)25(19-28-26)21-11-15-29(16-12-21)32(30,31)4-2/h5-9,17-19,21,27-28H,3-4,10-16H2,1-2H3. The van der Waals surface area contributed by atoms with Crippen LogP contribution in [0.5, 0.6) is 0 Å². The molecule has 1 aromatic heterocycles. The first-order chi connectivity index (χ1) is 15.5. The zero-order valence-corrected chi connectivity index (χ0v) is 20.0. The summed E-state index contributed by atoms with van der Waals surface area (Å²) in [6.07, 6.45) is 6.06. The van der Waals surface area contributed by atoms with Gasteiger partial charge in [-0.15, -0.1) is 0 Å². The summed E-state index contributed by atoms with van der Waals surface area (Å²) in [5, 5.41) is 4.74. The van der Waals surface area contributed by atoms with E-state index in [0.29, 0.717) is 19.0 Å². The second kappa shape index (κ2) is 10.2. The van der Waals surface area contributed by atoms with Crippen molar-refractivity contribution in [3.63, 3.8) is 0 Å². The highest BCUT2D eigenvalue weighted by molar-refractivity contribution is 7.89. The van der Waals surface area contributed by atoms with Gasteiger partial charge in [-0.1, -0.05) is 37.3 Å². The van der Waals surface area contributed by atoms with Crippen LogP contribution in [0, 0.1) is 0 Å². The molecule has 2 heterocycles. The summed E-state index contributed by atoms with van der Waals surface area (Å²) in [5.41, 5.74) is 6.29. The van der Waals surface area contributed by atoms with Gasteiger partial charge in [0.05, 0.1) is 5.75 Å². The first-order valence-electron chi connectivity index (χ1n) is 11.9. The van der Waals surface area contributed by atoms with Gasteiger partial charge < -0.3 is 10.3 Å². The van der Waals surface area contributed by atoms with Crippen LogP contribution in [0.15, 0.2) is 48.7 Å². The van der Waals surface area contributed by atoms with Crippen LogP contribution in [0.1, 0.15) is 50.2 Å². The Morgan fingerprint density at radius 1 is 1.03 bits per heavy atom. The molecule has 6 heteroatoms. The molecule has 0 saturated carbocycles. The minimum Gasteiger partial charge on any atom is -0.361 e. The highest BCUT2D eigenvalue weighted by Crippen LogP contribution is 2.35. The predicted octanol–water partition coefficient (Wildman–Crippen LogP) is 4.91. The van der Waals surface area contributed by atoms with Crippen LogP contribution in [0.2, 0.25) is 0 Å². The fourth-order valence-corrected chi connectivity index (χ4v) is 5.86. The van der Waals surface area contributed by atoms with E-state index in [1.165, 1.54) is 27.6 Å². The SMILES string of the molecule is CCCNCCc1cccc(-c2ccc3[nH]cc(C4CCN(S(=O)(=O)CC)CC4)c3c2)c1. The molecule has 1 fully saturated rings. The number of hydrogen-bond donors (Lipinski definition) is 2. The molecule has 1 aliphatic rings. The van der Waals surface area contributed by atoms with Crippen molar-refractivity contribution in [2.75, 3.05) is 31.9 Å². The summed E-state index contributed by atoms with van der Waals surface area (Å²) in [6, 6.07) is 15.5. The van der Waals surface area contributed by atoms with Crippen LogP contribution >= 0.6 is 0 Å². The molecule has 1 saturated heterocycles. The van der Waals surface area contributed by atoms with Crippen molar-refractivity contribution in [2.24, 2.45) is 0 Å². The molecular weight excluding hydrogens is 418 g/mol. The van der Waals surface area contributed by atoms with E-state index in [0.717, 1.165) is 44.3 Å². The first kappa shape index (κ1) is 23.0. The second-order valence-electron chi connectivity index (χ2n) is 8.78. The van der Waals surface area contributed by atoms with E-state index < -0.39 is 10.0 Å². The highest BCUT2D eigenvalue weighted by atomic mass is 32.2. The van der Waals surface area contributed by atoms with Crippen LogP contribution in [0.3, 0.4) is 0 Å². The molecule has 0 unspecified atom stereocenters. The van der Waals surface area contributed by atoms with Crippen molar-refractivity contribution in [1.29, 1.82) is 0 Å². The summed E-state index contributed by atoms with van der Waals surface area (Å²) < 4.78 is 26.1. The largest absolute Gasteiger partial charge is 0.361 e. The van der Waals surface area contributed by atoms with Crippen molar-refractivity contribution in [3.05, 3.63) is 59.8 Å². The number of piperidine rings is 1. The lowest BCUT2D eigenvalue weighted by atomic mass is 9.89. The fourth-order valence-electron chi connectivity index (χ4n) is 4.73. The summed E-state index contributed by atoms with van der Waals surface area (Å²) in [6.45, 7) is 7.21. The molecule has 0 radical (unpaired) electrons. The van der Waals surface area contributed by atoms with Crippen LogP contribution < -0.4 is 5.32 Å². The van der Waals surface area contributed by atoms with Gasteiger partial charge in [-0.05, 0) is 86.0 Å². The van der Waals surface area contributed by atoms with Crippen molar-refractivity contribution >= 4 is 20.9 Å². The van der Waals surface area contributed by atoms with Gasteiger partial charge in [0.25, 0.3) is 0 Å². The first-order valence-corrected chi connectivity index (χ1v) is 13.5. The van der Waals surface area contributed by atoms with Crippen molar-refractivity contribution in [1.82, 2.24) is 14.6 Å². The van der Waals surface area contributed by atoms with Gasteiger partial charge in [-0.2, -0.15) is 0 Å². The van der Waals surface area contributed by atoms with Crippen molar-refractivity contribution in [2.45, 2.75) is 45.4 Å². The molecule has 0 bridgehead atoms. The molecule has 1 aliphatic heterocycles. The van der Waals surface area contributed by atoms with E-state index in [2.05, 4.69) is 65.9 Å². The number of aromatic amines is 1. The molecular formula is C26H35N3O2S. The van der Waals surface area contributed by atoms with Crippen LogP contribution in [-0.4, -0.2) is 49.6 Å². The van der Waals surface area contributed by atoms with Crippen LogP contribution in [-0.2, 0) is 16.4 Å². The molecule has 32 heavy (non-hydrogen) atoms. The maximum atomic E-state index is 12.2. The van der Waals surface area contributed by atoms with Gasteiger partial charge in [0.1, 0.15) is 0 Å². The number of nitrogens with one attached hydrogen (secondary N) is 2. The fraction of sp³-hybridized carbons (Fsp3) is 0.462. The Morgan fingerprint density at radius 3 is 2.56 bits per heavy atom. The number of benzene rings is 2. The Bertz CT molecular complexity index is 1140. The summed E-state index contributed by atoms with van der Waals surface area (Å²) in [5.74, 6) is 0.570. The molecule has 3 aromatic rings. The average Bonchev–Trinajstić information content (AvgIpc) is 3.25. The molecule has 172 valence electrons. The van der Waals surface area contributed by atoms with Crippen LogP contribution in [0.25, 0.3) is 22.0 Å². The van der Waals surface area contributed by atoms with E-state index in [4.69, 9.17) is 0 Å². The van der Waals surface area contributed by atoms with Gasteiger partial charge in [-0.3, -0.25) is 0 Å². The van der Waals surface area contributed by atoms with Gasteiger partial charge >= 0.3 is 0 Å². The topological polar surface area (TPSA) is 65.2 Å². The lowest BCUT2D eigenvalue weighted by molar-refractivity contribution is 0.321. The summed E-state index contributed by atoms with van der Waals surface area (Å²) in [7, 11) is -3.09.